The summed E-state index contributed by atoms with van der Waals surface area (Å²) in [5.74, 6) is -0.359. The fourth-order valence-corrected chi connectivity index (χ4v) is 4.99. The first-order valence-electron chi connectivity index (χ1n) is 9.87. The lowest BCUT2D eigenvalue weighted by atomic mass is 10.2. The summed E-state index contributed by atoms with van der Waals surface area (Å²) in [5, 5.41) is 9.69. The molecule has 33 heavy (non-hydrogen) atoms. The number of amides is 1. The highest BCUT2D eigenvalue weighted by Gasteiger charge is 2.17. The Bertz CT molecular complexity index is 1180. The number of rotatable bonds is 8. The fourth-order valence-electron chi connectivity index (χ4n) is 2.82. The Morgan fingerprint density at radius 2 is 1.48 bits per heavy atom. The summed E-state index contributed by atoms with van der Waals surface area (Å²) < 4.78 is 41.5. The largest absolute Gasteiger partial charge is 0.400 e. The molecule has 10 heteroatoms. The summed E-state index contributed by atoms with van der Waals surface area (Å²) in [7, 11) is -2.60. The molecular formula is C23H27N3O5S2. The van der Waals surface area contributed by atoms with Crippen LogP contribution >= 0.6 is 0 Å². The second-order valence-electron chi connectivity index (χ2n) is 6.84. The van der Waals surface area contributed by atoms with E-state index < -0.39 is 21.0 Å². The molecule has 3 aromatic rings. The number of aliphatic hydroxyl groups is 1. The van der Waals surface area contributed by atoms with Gasteiger partial charge < -0.3 is 10.4 Å². The van der Waals surface area contributed by atoms with Gasteiger partial charge in [0.2, 0.25) is 5.91 Å². The maximum Gasteiger partial charge on any atom is 0.261 e. The number of sulfonamides is 1. The monoisotopic (exact) mass is 489 g/mol. The molecule has 1 unspecified atom stereocenters. The van der Waals surface area contributed by atoms with Crippen molar-refractivity contribution in [2.75, 3.05) is 30.7 Å². The van der Waals surface area contributed by atoms with Crippen molar-refractivity contribution in [2.45, 2.75) is 16.7 Å². The van der Waals surface area contributed by atoms with Gasteiger partial charge in [-0.25, -0.2) is 16.9 Å². The first-order valence-corrected chi connectivity index (χ1v) is 12.5. The van der Waals surface area contributed by atoms with Crippen molar-refractivity contribution in [3.63, 3.8) is 0 Å². The highest BCUT2D eigenvalue weighted by atomic mass is 32.2. The van der Waals surface area contributed by atoms with Crippen LogP contribution < -0.4 is 10.0 Å². The molecule has 0 spiro atoms. The van der Waals surface area contributed by atoms with Gasteiger partial charge >= 0.3 is 0 Å². The molecule has 0 radical (unpaired) electrons. The number of hydrogen-bond donors (Lipinski definition) is 3. The van der Waals surface area contributed by atoms with Gasteiger partial charge in [0.25, 0.3) is 10.0 Å². The van der Waals surface area contributed by atoms with Gasteiger partial charge in [0.15, 0.2) is 0 Å². The van der Waals surface area contributed by atoms with E-state index in [0.717, 1.165) is 12.7 Å². The minimum Gasteiger partial charge on any atom is -0.400 e. The minimum atomic E-state index is -3.73. The third-order valence-electron chi connectivity index (χ3n) is 4.41. The molecule has 3 N–H and O–H groups in total. The van der Waals surface area contributed by atoms with E-state index in [1.54, 1.807) is 49.5 Å². The van der Waals surface area contributed by atoms with Crippen molar-refractivity contribution in [3.8, 4) is 0 Å². The predicted octanol–water partition coefficient (Wildman–Crippen LogP) is 3.00. The number of anilines is 2. The molecule has 3 aromatic carbocycles. The lowest BCUT2D eigenvalue weighted by Gasteiger charge is -2.17. The van der Waals surface area contributed by atoms with Crippen LogP contribution in [0, 0.1) is 6.92 Å². The standard InChI is InChI=1S/C22H23N3O4S2.CH4O/c1-17-8-6-7-11-21(17)30(27)25(2)16-22(26)23-18-12-14-20(15-13-18)31(28,29)24-19-9-4-3-5-10-19;1-2/h3-15,24H,16H2,1-2H3,(H,23,26);2H,1H3. The molecule has 0 aliphatic rings. The van der Waals surface area contributed by atoms with Crippen LogP contribution in [0.2, 0.25) is 0 Å². The predicted molar refractivity (Wildman–Crippen MR) is 131 cm³/mol. The van der Waals surface area contributed by atoms with E-state index in [-0.39, 0.29) is 17.3 Å². The summed E-state index contributed by atoms with van der Waals surface area (Å²) in [4.78, 5) is 13.1. The van der Waals surface area contributed by atoms with Gasteiger partial charge in [0, 0.05) is 25.5 Å². The van der Waals surface area contributed by atoms with Crippen LogP contribution in [-0.2, 0) is 25.8 Å². The lowest BCUT2D eigenvalue weighted by molar-refractivity contribution is -0.116. The molecule has 0 aromatic heterocycles. The normalized spacial score (nSPS) is 11.8. The maximum atomic E-state index is 12.6. The molecule has 1 amide bonds. The van der Waals surface area contributed by atoms with Crippen LogP contribution in [0.4, 0.5) is 11.4 Å². The third-order valence-corrected chi connectivity index (χ3v) is 7.33. The Labute approximate surface area is 196 Å². The zero-order chi connectivity index (χ0) is 24.4. The number of para-hydroxylation sites is 1. The molecule has 3 rings (SSSR count). The van der Waals surface area contributed by atoms with Crippen molar-refractivity contribution in [1.82, 2.24) is 4.31 Å². The zero-order valence-electron chi connectivity index (χ0n) is 18.6. The Morgan fingerprint density at radius 1 is 0.909 bits per heavy atom. The fraction of sp³-hybridized carbons (Fsp3) is 0.174. The van der Waals surface area contributed by atoms with E-state index in [1.165, 1.54) is 28.6 Å². The van der Waals surface area contributed by atoms with Gasteiger partial charge in [0.1, 0.15) is 11.0 Å². The quantitative estimate of drug-likeness (QED) is 0.450. The molecule has 0 saturated heterocycles. The van der Waals surface area contributed by atoms with Crippen LogP contribution in [0.5, 0.6) is 0 Å². The van der Waals surface area contributed by atoms with Crippen molar-refractivity contribution in [1.29, 1.82) is 0 Å². The van der Waals surface area contributed by atoms with Crippen LogP contribution in [0.25, 0.3) is 0 Å². The van der Waals surface area contributed by atoms with Gasteiger partial charge in [0.05, 0.1) is 16.3 Å². The Hall–Kier alpha value is -3.05. The van der Waals surface area contributed by atoms with Gasteiger partial charge in [-0.2, -0.15) is 0 Å². The van der Waals surface area contributed by atoms with Crippen LogP contribution in [0.1, 0.15) is 5.56 Å². The smallest absolute Gasteiger partial charge is 0.261 e. The van der Waals surface area contributed by atoms with Gasteiger partial charge in [-0.15, -0.1) is 0 Å². The van der Waals surface area contributed by atoms with Crippen LogP contribution in [0.15, 0.2) is 88.7 Å². The maximum absolute atomic E-state index is 12.6. The summed E-state index contributed by atoms with van der Waals surface area (Å²) in [6, 6.07) is 21.7. The van der Waals surface area contributed by atoms with Crippen LogP contribution in [-0.4, -0.2) is 48.6 Å². The Balaban J connectivity index is 0.00000187. The molecule has 0 aliphatic carbocycles. The first kappa shape index (κ1) is 26.2. The summed E-state index contributed by atoms with van der Waals surface area (Å²) in [6.07, 6.45) is 0. The second-order valence-corrected chi connectivity index (χ2v) is 10.1. The van der Waals surface area contributed by atoms with Crippen molar-refractivity contribution in [2.24, 2.45) is 0 Å². The summed E-state index contributed by atoms with van der Waals surface area (Å²) in [5.41, 5.74) is 1.79. The molecule has 0 saturated carbocycles. The molecule has 0 fully saturated rings. The number of nitrogens with zero attached hydrogens (tertiary/aromatic N) is 1. The Kier molecular flexibility index (Phi) is 9.74. The topological polar surface area (TPSA) is 116 Å². The number of nitrogens with one attached hydrogen (secondary N) is 2. The highest BCUT2D eigenvalue weighted by molar-refractivity contribution is 7.92. The van der Waals surface area contributed by atoms with E-state index >= 15 is 0 Å². The zero-order valence-corrected chi connectivity index (χ0v) is 20.2. The number of aliphatic hydroxyl groups excluding tert-OH is 1. The van der Waals surface area contributed by atoms with E-state index in [9.17, 15) is 17.4 Å². The SMILES string of the molecule is CO.Cc1ccccc1S(=O)N(C)CC(=O)Nc1ccc(S(=O)(=O)Nc2ccccc2)cc1. The number of benzene rings is 3. The van der Waals surface area contributed by atoms with Crippen LogP contribution in [0.3, 0.4) is 0 Å². The van der Waals surface area contributed by atoms with Crippen molar-refractivity contribution in [3.05, 3.63) is 84.4 Å². The summed E-state index contributed by atoms with van der Waals surface area (Å²) >= 11 is 0. The molecule has 1 atom stereocenters. The second kappa shape index (κ2) is 12.3. The van der Waals surface area contributed by atoms with Crippen molar-refractivity contribution >= 4 is 38.3 Å². The van der Waals surface area contributed by atoms with Gasteiger partial charge in [-0.3, -0.25) is 9.52 Å². The molecular weight excluding hydrogens is 462 g/mol. The number of likely N-dealkylation sites (N-methyl/N-ethyl adjacent to an activating group) is 1. The van der Waals surface area contributed by atoms with Crippen molar-refractivity contribution < 1.29 is 22.5 Å². The molecule has 176 valence electrons. The number of carbonyl (C=O) groups excluding carboxylic acids is 1. The molecule has 0 aliphatic heterocycles. The van der Waals surface area contributed by atoms with E-state index in [0.29, 0.717) is 16.3 Å². The lowest BCUT2D eigenvalue weighted by Crippen LogP contribution is -2.31. The third kappa shape index (κ3) is 7.50. The first-order chi connectivity index (χ1) is 15.8. The number of hydrogen-bond acceptors (Lipinski definition) is 5. The van der Waals surface area contributed by atoms with Gasteiger partial charge in [-0.1, -0.05) is 36.4 Å². The van der Waals surface area contributed by atoms with E-state index in [4.69, 9.17) is 5.11 Å². The highest BCUT2D eigenvalue weighted by Crippen LogP contribution is 2.18. The molecule has 8 nitrogen and oxygen atoms in total. The summed E-state index contributed by atoms with van der Waals surface area (Å²) in [6.45, 7) is 1.78. The van der Waals surface area contributed by atoms with E-state index in [1.807, 2.05) is 19.1 Å². The average molecular weight is 490 g/mol. The molecule has 0 heterocycles. The molecule has 0 bridgehead atoms. The minimum absolute atomic E-state index is 0.0760. The van der Waals surface area contributed by atoms with E-state index in [2.05, 4.69) is 10.0 Å². The number of carbonyl (C=O) groups is 1. The average Bonchev–Trinajstić information content (AvgIpc) is 2.81. The number of aryl methyl sites for hydroxylation is 1. The Morgan fingerprint density at radius 3 is 2.09 bits per heavy atom. The van der Waals surface area contributed by atoms with Gasteiger partial charge in [-0.05, 0) is 55.0 Å².